The number of anilines is 3. The van der Waals surface area contributed by atoms with Crippen molar-refractivity contribution in [1.82, 2.24) is 9.97 Å². The van der Waals surface area contributed by atoms with Crippen LogP contribution in [-0.4, -0.2) is 34.6 Å². The zero-order chi connectivity index (χ0) is 16.7. The van der Waals surface area contributed by atoms with Crippen LogP contribution in [0.15, 0.2) is 36.7 Å². The summed E-state index contributed by atoms with van der Waals surface area (Å²) in [7, 11) is 1.56. The molecule has 0 fully saturated rings. The van der Waals surface area contributed by atoms with Gasteiger partial charge < -0.3 is 10.1 Å². The lowest BCUT2D eigenvalue weighted by Crippen LogP contribution is -2.23. The number of nitro groups is 1. The molecule has 0 aliphatic heterocycles. The van der Waals surface area contributed by atoms with Crippen LogP contribution >= 0.6 is 0 Å². The fourth-order valence-electron chi connectivity index (χ4n) is 1.93. The van der Waals surface area contributed by atoms with Gasteiger partial charge in [-0.05, 0) is 19.1 Å². The number of rotatable bonds is 8. The van der Waals surface area contributed by atoms with Crippen molar-refractivity contribution in [3.05, 3.63) is 46.8 Å². The third-order valence-corrected chi connectivity index (χ3v) is 2.90. The Kier molecular flexibility index (Phi) is 5.64. The molecule has 0 spiro atoms. The van der Waals surface area contributed by atoms with Crippen LogP contribution in [0, 0.1) is 10.1 Å². The molecule has 122 valence electrons. The normalized spacial score (nSPS) is 11.6. The van der Waals surface area contributed by atoms with Gasteiger partial charge in [-0.3, -0.25) is 21.0 Å². The lowest BCUT2D eigenvalue weighted by molar-refractivity contribution is -0.383. The second-order valence-corrected chi connectivity index (χ2v) is 4.79. The average molecular weight is 318 g/mol. The molecule has 0 saturated heterocycles. The molecule has 0 amide bonds. The largest absolute Gasteiger partial charge is 0.383 e. The van der Waals surface area contributed by atoms with Gasteiger partial charge in [0.2, 0.25) is 11.6 Å². The maximum atomic E-state index is 11.4. The molecule has 2 aromatic rings. The first-order valence-electron chi connectivity index (χ1n) is 6.93. The number of hydrogen-bond donors (Lipinski definition) is 3. The third-order valence-electron chi connectivity index (χ3n) is 2.90. The van der Waals surface area contributed by atoms with Crippen molar-refractivity contribution in [2.75, 3.05) is 29.9 Å². The van der Waals surface area contributed by atoms with E-state index >= 15 is 0 Å². The van der Waals surface area contributed by atoms with Gasteiger partial charge in [0.05, 0.1) is 17.2 Å². The van der Waals surface area contributed by atoms with Gasteiger partial charge in [0.1, 0.15) is 6.33 Å². The lowest BCUT2D eigenvalue weighted by Gasteiger charge is -2.15. The lowest BCUT2D eigenvalue weighted by atomic mass is 10.3. The van der Waals surface area contributed by atoms with Crippen LogP contribution < -0.4 is 16.2 Å². The molecule has 0 aliphatic rings. The van der Waals surface area contributed by atoms with Crippen molar-refractivity contribution in [1.29, 1.82) is 0 Å². The fraction of sp³-hybridized carbons (Fsp3) is 0.286. The van der Waals surface area contributed by atoms with Crippen molar-refractivity contribution >= 4 is 23.0 Å². The number of para-hydroxylation sites is 1. The molecular weight excluding hydrogens is 300 g/mol. The van der Waals surface area contributed by atoms with Crippen molar-refractivity contribution in [3.8, 4) is 0 Å². The molecule has 0 radical (unpaired) electrons. The van der Waals surface area contributed by atoms with Crippen molar-refractivity contribution in [2.45, 2.75) is 13.0 Å². The van der Waals surface area contributed by atoms with Gasteiger partial charge in [-0.25, -0.2) is 9.97 Å². The van der Waals surface area contributed by atoms with Gasteiger partial charge in [0.15, 0.2) is 0 Å². The van der Waals surface area contributed by atoms with Gasteiger partial charge in [0.25, 0.3) is 0 Å². The van der Waals surface area contributed by atoms with Gasteiger partial charge in [-0.2, -0.15) is 0 Å². The predicted octanol–water partition coefficient (Wildman–Crippen LogP) is 2.27. The van der Waals surface area contributed by atoms with Gasteiger partial charge in [-0.15, -0.1) is 0 Å². The minimum Gasteiger partial charge on any atom is -0.383 e. The summed E-state index contributed by atoms with van der Waals surface area (Å²) in [6, 6.07) is 9.07. The monoisotopic (exact) mass is 318 g/mol. The molecule has 0 bridgehead atoms. The highest BCUT2D eigenvalue weighted by Crippen LogP contribution is 2.29. The second-order valence-electron chi connectivity index (χ2n) is 4.79. The summed E-state index contributed by atoms with van der Waals surface area (Å²) in [4.78, 5) is 18.7. The molecule has 1 heterocycles. The van der Waals surface area contributed by atoms with Crippen molar-refractivity contribution in [2.24, 2.45) is 0 Å². The van der Waals surface area contributed by atoms with Crippen LogP contribution in [0.25, 0.3) is 0 Å². The van der Waals surface area contributed by atoms with Gasteiger partial charge >= 0.3 is 5.69 Å². The summed E-state index contributed by atoms with van der Waals surface area (Å²) in [5.74, 6) is 0.202. The van der Waals surface area contributed by atoms with Crippen LogP contribution in [0.2, 0.25) is 0 Å². The van der Waals surface area contributed by atoms with Gasteiger partial charge in [0, 0.05) is 13.2 Å². The number of ether oxygens (including phenoxy) is 1. The molecule has 2 rings (SSSR count). The molecule has 1 unspecified atom stereocenters. The van der Waals surface area contributed by atoms with E-state index in [2.05, 4.69) is 26.1 Å². The number of methoxy groups -OCH3 is 1. The van der Waals surface area contributed by atoms with E-state index in [-0.39, 0.29) is 23.4 Å². The Hall–Kier alpha value is -2.94. The van der Waals surface area contributed by atoms with Crippen LogP contribution in [0.3, 0.4) is 0 Å². The highest BCUT2D eigenvalue weighted by Gasteiger charge is 2.24. The number of hydrogen-bond acceptors (Lipinski definition) is 8. The minimum absolute atomic E-state index is 0.0703. The molecule has 1 aromatic carbocycles. The number of hydrazine groups is 1. The van der Waals surface area contributed by atoms with E-state index in [0.717, 1.165) is 5.69 Å². The molecule has 0 saturated carbocycles. The van der Waals surface area contributed by atoms with Crippen LogP contribution in [0.1, 0.15) is 6.92 Å². The van der Waals surface area contributed by atoms with E-state index in [1.807, 2.05) is 37.3 Å². The molecule has 1 atom stereocenters. The highest BCUT2D eigenvalue weighted by molar-refractivity contribution is 5.70. The Labute approximate surface area is 133 Å². The van der Waals surface area contributed by atoms with E-state index < -0.39 is 4.92 Å². The van der Waals surface area contributed by atoms with Gasteiger partial charge in [-0.1, -0.05) is 18.2 Å². The Morgan fingerprint density at radius 3 is 2.57 bits per heavy atom. The maximum absolute atomic E-state index is 11.4. The van der Waals surface area contributed by atoms with E-state index in [1.165, 1.54) is 6.33 Å². The van der Waals surface area contributed by atoms with E-state index in [0.29, 0.717) is 6.61 Å². The Morgan fingerprint density at radius 2 is 1.91 bits per heavy atom. The molecule has 1 aromatic heterocycles. The predicted molar refractivity (Wildman–Crippen MR) is 87.3 cm³/mol. The first-order valence-corrected chi connectivity index (χ1v) is 6.93. The molecule has 3 N–H and O–H groups in total. The minimum atomic E-state index is -0.531. The van der Waals surface area contributed by atoms with Crippen molar-refractivity contribution in [3.63, 3.8) is 0 Å². The Morgan fingerprint density at radius 1 is 1.22 bits per heavy atom. The SMILES string of the molecule is COCC(C)Nc1ncnc(NNc2ccccc2)c1[N+](=O)[O-]. The zero-order valence-corrected chi connectivity index (χ0v) is 12.8. The van der Waals surface area contributed by atoms with Crippen LogP contribution in [0.5, 0.6) is 0 Å². The fourth-order valence-corrected chi connectivity index (χ4v) is 1.93. The summed E-state index contributed by atoms with van der Waals surface area (Å²) in [5, 5.41) is 14.3. The summed E-state index contributed by atoms with van der Waals surface area (Å²) in [6.07, 6.45) is 1.25. The smallest absolute Gasteiger partial charge is 0.354 e. The van der Waals surface area contributed by atoms with E-state index in [1.54, 1.807) is 7.11 Å². The number of nitrogens with zero attached hydrogens (tertiary/aromatic N) is 3. The maximum Gasteiger partial charge on any atom is 0.354 e. The molecule has 0 aliphatic carbocycles. The molecule has 23 heavy (non-hydrogen) atoms. The Bertz CT molecular complexity index is 652. The molecule has 9 nitrogen and oxygen atoms in total. The summed E-state index contributed by atoms with van der Waals surface area (Å²) in [5.41, 5.74) is 6.12. The van der Waals surface area contributed by atoms with Crippen LogP contribution in [0.4, 0.5) is 23.0 Å². The Balaban J connectivity index is 2.20. The third kappa shape index (κ3) is 4.51. The van der Waals surface area contributed by atoms with Crippen molar-refractivity contribution < 1.29 is 9.66 Å². The second kappa shape index (κ2) is 7.90. The number of nitrogens with one attached hydrogen (secondary N) is 3. The summed E-state index contributed by atoms with van der Waals surface area (Å²) >= 11 is 0. The summed E-state index contributed by atoms with van der Waals surface area (Å²) < 4.78 is 5.01. The molecular formula is C14H18N6O3. The highest BCUT2D eigenvalue weighted by atomic mass is 16.6. The standard InChI is InChI=1S/C14H18N6O3/c1-10(8-23-2)17-13-12(20(21)22)14(16-9-15-13)19-18-11-6-4-3-5-7-11/h3-7,9-10,18H,8H2,1-2H3,(H2,15,16,17,19). The van der Waals surface area contributed by atoms with Crippen LogP contribution in [-0.2, 0) is 4.74 Å². The number of aromatic nitrogens is 2. The first kappa shape index (κ1) is 16.4. The molecule has 9 heteroatoms. The topological polar surface area (TPSA) is 114 Å². The average Bonchev–Trinajstić information content (AvgIpc) is 2.54. The quantitative estimate of drug-likeness (QED) is 0.501. The first-order chi connectivity index (χ1) is 11.1. The summed E-state index contributed by atoms with van der Waals surface area (Å²) in [6.45, 7) is 2.23. The van der Waals surface area contributed by atoms with E-state index in [4.69, 9.17) is 4.74 Å². The zero-order valence-electron chi connectivity index (χ0n) is 12.8. The number of benzene rings is 1. The van der Waals surface area contributed by atoms with E-state index in [9.17, 15) is 10.1 Å².